The smallest absolute Gasteiger partial charge is 0.336 e. The Morgan fingerprint density at radius 3 is 2.68 bits per heavy atom. The summed E-state index contributed by atoms with van der Waals surface area (Å²) in [6, 6.07) is 0.553. The molecule has 2 heterocycles. The number of halogens is 1. The molecule has 0 aliphatic carbocycles. The largest absolute Gasteiger partial charge is 0.466 e. The van der Waals surface area contributed by atoms with Crippen molar-refractivity contribution in [1.82, 2.24) is 9.80 Å². The highest BCUT2D eigenvalue weighted by molar-refractivity contribution is 5.89. The van der Waals surface area contributed by atoms with E-state index in [4.69, 9.17) is 4.74 Å². The van der Waals surface area contributed by atoms with Crippen molar-refractivity contribution in [2.45, 2.75) is 38.6 Å². The van der Waals surface area contributed by atoms with Crippen molar-refractivity contribution in [3.8, 4) is 0 Å². The van der Waals surface area contributed by atoms with Gasteiger partial charge in [-0.15, -0.1) is 12.4 Å². The molecule has 2 aliphatic heterocycles. The molecule has 0 spiro atoms. The number of nitrogens with zero attached hydrogens (tertiary/aromatic N) is 2. The molecule has 0 aromatic rings. The molecule has 0 aromatic carbocycles. The van der Waals surface area contributed by atoms with Crippen LogP contribution in [-0.2, 0) is 9.53 Å². The Morgan fingerprint density at radius 2 is 2.05 bits per heavy atom. The Labute approximate surface area is 122 Å². The van der Waals surface area contributed by atoms with Gasteiger partial charge in [-0.05, 0) is 33.2 Å². The third-order valence-corrected chi connectivity index (χ3v) is 4.09. The van der Waals surface area contributed by atoms with Gasteiger partial charge in [-0.1, -0.05) is 0 Å². The normalized spacial score (nSPS) is 25.0. The monoisotopic (exact) mass is 288 g/mol. The molecular formula is C14H25ClN2O2. The van der Waals surface area contributed by atoms with Crippen LogP contribution < -0.4 is 0 Å². The molecule has 19 heavy (non-hydrogen) atoms. The van der Waals surface area contributed by atoms with Crippen LogP contribution in [0.1, 0.15) is 32.6 Å². The summed E-state index contributed by atoms with van der Waals surface area (Å²) in [6.45, 7) is 5.09. The summed E-state index contributed by atoms with van der Waals surface area (Å²) in [5.74, 6) is -0.158. The van der Waals surface area contributed by atoms with Crippen LogP contribution >= 0.6 is 12.4 Å². The van der Waals surface area contributed by atoms with Gasteiger partial charge in [0.15, 0.2) is 0 Å². The van der Waals surface area contributed by atoms with Gasteiger partial charge in [0.1, 0.15) is 0 Å². The number of carbonyl (C=O) groups is 1. The SMILES string of the molecule is COC(=O)C1=C(N2CCCCC2C)CCN(C)C1.Cl. The molecule has 0 bridgehead atoms. The predicted octanol–water partition coefficient (Wildman–Crippen LogP) is 2.05. The summed E-state index contributed by atoms with van der Waals surface area (Å²) in [5.41, 5.74) is 2.09. The van der Waals surface area contributed by atoms with Crippen LogP contribution in [0.3, 0.4) is 0 Å². The van der Waals surface area contributed by atoms with Crippen molar-refractivity contribution < 1.29 is 9.53 Å². The van der Waals surface area contributed by atoms with E-state index in [0.29, 0.717) is 12.6 Å². The average Bonchev–Trinajstić information content (AvgIpc) is 2.39. The fourth-order valence-corrected chi connectivity index (χ4v) is 3.01. The zero-order valence-electron chi connectivity index (χ0n) is 12.1. The highest BCUT2D eigenvalue weighted by atomic mass is 35.5. The molecule has 0 amide bonds. The lowest BCUT2D eigenvalue weighted by atomic mass is 9.98. The maximum absolute atomic E-state index is 11.9. The molecule has 1 fully saturated rings. The van der Waals surface area contributed by atoms with Crippen molar-refractivity contribution in [1.29, 1.82) is 0 Å². The first-order chi connectivity index (χ1) is 8.63. The topological polar surface area (TPSA) is 32.8 Å². The number of hydrogen-bond donors (Lipinski definition) is 0. The molecule has 5 heteroatoms. The lowest BCUT2D eigenvalue weighted by Crippen LogP contribution is -2.42. The van der Waals surface area contributed by atoms with Gasteiger partial charge in [-0.3, -0.25) is 0 Å². The number of esters is 1. The molecule has 0 N–H and O–H groups in total. The second-order valence-electron chi connectivity index (χ2n) is 5.44. The van der Waals surface area contributed by atoms with Crippen LogP contribution in [0.25, 0.3) is 0 Å². The van der Waals surface area contributed by atoms with E-state index in [1.54, 1.807) is 0 Å². The van der Waals surface area contributed by atoms with Gasteiger partial charge in [0, 0.05) is 37.8 Å². The van der Waals surface area contributed by atoms with Gasteiger partial charge in [-0.25, -0.2) is 4.79 Å². The van der Waals surface area contributed by atoms with Gasteiger partial charge in [-0.2, -0.15) is 0 Å². The number of ether oxygens (including phenoxy) is 1. The van der Waals surface area contributed by atoms with E-state index in [1.807, 2.05) is 0 Å². The quantitative estimate of drug-likeness (QED) is 0.728. The number of likely N-dealkylation sites (N-methyl/N-ethyl adjacent to an activating group) is 1. The second-order valence-corrected chi connectivity index (χ2v) is 5.44. The Balaban J connectivity index is 0.00000180. The van der Waals surface area contributed by atoms with E-state index < -0.39 is 0 Å². The Kier molecular flexibility index (Phi) is 6.14. The van der Waals surface area contributed by atoms with Crippen molar-refractivity contribution in [2.24, 2.45) is 0 Å². The fraction of sp³-hybridized carbons (Fsp3) is 0.786. The number of methoxy groups -OCH3 is 1. The lowest BCUT2D eigenvalue weighted by Gasteiger charge is -2.40. The summed E-state index contributed by atoms with van der Waals surface area (Å²) in [5, 5.41) is 0. The standard InChI is InChI=1S/C14H24N2O2.ClH/c1-11-6-4-5-8-16(11)13-7-9-15(2)10-12(13)14(17)18-3;/h11H,4-10H2,1-3H3;1H. The zero-order valence-corrected chi connectivity index (χ0v) is 13.0. The molecule has 2 rings (SSSR count). The van der Waals surface area contributed by atoms with E-state index >= 15 is 0 Å². The van der Waals surface area contributed by atoms with Crippen LogP contribution in [0.2, 0.25) is 0 Å². The van der Waals surface area contributed by atoms with E-state index in [-0.39, 0.29) is 18.4 Å². The molecular weight excluding hydrogens is 264 g/mol. The number of hydrogen-bond acceptors (Lipinski definition) is 4. The third-order valence-electron chi connectivity index (χ3n) is 4.09. The van der Waals surface area contributed by atoms with Crippen LogP contribution in [0, 0.1) is 0 Å². The molecule has 0 radical (unpaired) electrons. The van der Waals surface area contributed by atoms with Crippen LogP contribution in [0.4, 0.5) is 0 Å². The van der Waals surface area contributed by atoms with E-state index in [9.17, 15) is 4.79 Å². The van der Waals surface area contributed by atoms with E-state index in [1.165, 1.54) is 32.1 Å². The van der Waals surface area contributed by atoms with Crippen LogP contribution in [0.15, 0.2) is 11.3 Å². The minimum absolute atomic E-state index is 0. The molecule has 110 valence electrons. The minimum atomic E-state index is -0.158. The number of likely N-dealkylation sites (tertiary alicyclic amines) is 1. The van der Waals surface area contributed by atoms with Gasteiger partial charge in [0.05, 0.1) is 12.7 Å². The molecule has 1 unspecified atom stereocenters. The first-order valence-electron chi connectivity index (χ1n) is 6.89. The Morgan fingerprint density at radius 1 is 1.32 bits per heavy atom. The Hall–Kier alpha value is -0.740. The highest BCUT2D eigenvalue weighted by Crippen LogP contribution is 2.28. The minimum Gasteiger partial charge on any atom is -0.466 e. The predicted molar refractivity (Wildman–Crippen MR) is 78.4 cm³/mol. The molecule has 1 saturated heterocycles. The average molecular weight is 289 g/mol. The van der Waals surface area contributed by atoms with E-state index in [0.717, 1.165) is 25.1 Å². The first kappa shape index (κ1) is 16.3. The van der Waals surface area contributed by atoms with Crippen LogP contribution in [-0.4, -0.2) is 55.6 Å². The molecule has 4 nitrogen and oxygen atoms in total. The van der Waals surface area contributed by atoms with Crippen molar-refractivity contribution in [3.63, 3.8) is 0 Å². The third kappa shape index (κ3) is 3.63. The summed E-state index contributed by atoms with van der Waals surface area (Å²) >= 11 is 0. The lowest BCUT2D eigenvalue weighted by molar-refractivity contribution is -0.136. The molecule has 0 aromatic heterocycles. The van der Waals surface area contributed by atoms with Gasteiger partial charge in [0.25, 0.3) is 0 Å². The number of rotatable bonds is 2. The Bertz CT molecular complexity index is 357. The maximum atomic E-state index is 11.9. The second kappa shape index (κ2) is 7.15. The zero-order chi connectivity index (χ0) is 13.1. The van der Waals surface area contributed by atoms with Crippen molar-refractivity contribution in [3.05, 3.63) is 11.3 Å². The van der Waals surface area contributed by atoms with E-state index in [2.05, 4.69) is 23.8 Å². The van der Waals surface area contributed by atoms with Gasteiger partial charge < -0.3 is 14.5 Å². The molecule has 2 aliphatic rings. The summed E-state index contributed by atoms with van der Waals surface area (Å²) in [4.78, 5) is 16.6. The highest BCUT2D eigenvalue weighted by Gasteiger charge is 2.29. The van der Waals surface area contributed by atoms with Crippen LogP contribution in [0.5, 0.6) is 0 Å². The summed E-state index contributed by atoms with van der Waals surface area (Å²) < 4.78 is 4.94. The number of piperidine rings is 1. The van der Waals surface area contributed by atoms with Gasteiger partial charge >= 0.3 is 5.97 Å². The van der Waals surface area contributed by atoms with Gasteiger partial charge in [0.2, 0.25) is 0 Å². The first-order valence-corrected chi connectivity index (χ1v) is 6.89. The van der Waals surface area contributed by atoms with Crippen molar-refractivity contribution in [2.75, 3.05) is 33.8 Å². The maximum Gasteiger partial charge on any atom is 0.336 e. The summed E-state index contributed by atoms with van der Waals surface area (Å²) in [7, 11) is 3.53. The van der Waals surface area contributed by atoms with Crippen molar-refractivity contribution >= 4 is 18.4 Å². The molecule has 0 saturated carbocycles. The number of carbonyl (C=O) groups excluding carboxylic acids is 1. The molecule has 1 atom stereocenters. The fourth-order valence-electron chi connectivity index (χ4n) is 3.01. The summed E-state index contributed by atoms with van der Waals surface area (Å²) in [6.07, 6.45) is 4.73.